The number of anilines is 1. The Labute approximate surface area is 150 Å². The molecule has 0 radical (unpaired) electrons. The van der Waals surface area contributed by atoms with Gasteiger partial charge in [0.05, 0.1) is 0 Å². The number of halogens is 3. The van der Waals surface area contributed by atoms with Crippen LogP contribution in [0.5, 0.6) is 0 Å². The fraction of sp³-hybridized carbons (Fsp3) is 0.412. The van der Waals surface area contributed by atoms with Crippen LogP contribution in [0.3, 0.4) is 0 Å². The molecule has 0 aliphatic rings. The summed E-state index contributed by atoms with van der Waals surface area (Å²) in [5.41, 5.74) is 0.0513. The van der Waals surface area contributed by atoms with Crippen molar-refractivity contribution < 1.29 is 22.7 Å². The van der Waals surface area contributed by atoms with Crippen LogP contribution in [0.15, 0.2) is 24.3 Å². The van der Waals surface area contributed by atoms with Crippen molar-refractivity contribution in [1.29, 1.82) is 0 Å². The molecule has 0 spiro atoms. The first-order chi connectivity index (χ1) is 11.8. The Morgan fingerprint density at radius 2 is 1.76 bits per heavy atom. The molecule has 2 aromatic rings. The van der Waals surface area contributed by atoms with Crippen molar-refractivity contribution in [2.75, 3.05) is 24.6 Å². The summed E-state index contributed by atoms with van der Waals surface area (Å²) in [6.45, 7) is 7.38. The first-order valence-electron chi connectivity index (χ1n) is 7.92. The molecule has 0 saturated carbocycles. The number of carbonyl (C=O) groups excluding carboxylic acids is 1. The van der Waals surface area contributed by atoms with E-state index in [1.54, 1.807) is 6.92 Å². The summed E-state index contributed by atoms with van der Waals surface area (Å²) < 4.78 is 44.8. The molecule has 25 heavy (non-hydrogen) atoms. The van der Waals surface area contributed by atoms with E-state index in [0.29, 0.717) is 10.0 Å². The summed E-state index contributed by atoms with van der Waals surface area (Å²) >= 11 is -0.270. The van der Waals surface area contributed by atoms with Crippen molar-refractivity contribution in [3.05, 3.63) is 35.5 Å². The second-order valence-corrected chi connectivity index (χ2v) is 7.19. The number of aromatic nitrogens is 1. The Morgan fingerprint density at radius 1 is 1.16 bits per heavy atom. The van der Waals surface area contributed by atoms with Crippen molar-refractivity contribution in [3.8, 4) is 10.0 Å². The molecule has 0 aliphatic carbocycles. The Morgan fingerprint density at radius 3 is 2.24 bits per heavy atom. The van der Waals surface area contributed by atoms with Gasteiger partial charge in [0.2, 0.25) is 0 Å². The van der Waals surface area contributed by atoms with Crippen LogP contribution < -0.4 is 4.90 Å². The van der Waals surface area contributed by atoms with Crippen molar-refractivity contribution in [2.45, 2.75) is 26.9 Å². The van der Waals surface area contributed by atoms with Gasteiger partial charge in [-0.25, -0.2) is 0 Å². The molecule has 0 amide bonds. The molecule has 0 saturated heterocycles. The normalized spacial score (nSPS) is 11.4. The molecular formula is C17H19F3N2O2Se. The van der Waals surface area contributed by atoms with E-state index in [9.17, 15) is 18.0 Å². The summed E-state index contributed by atoms with van der Waals surface area (Å²) in [6.07, 6.45) is -4.39. The van der Waals surface area contributed by atoms with Gasteiger partial charge in [-0.15, -0.1) is 0 Å². The zero-order chi connectivity index (χ0) is 18.6. The number of hydrogen-bond donors (Lipinski definition) is 0. The van der Waals surface area contributed by atoms with E-state index in [1.165, 1.54) is 12.1 Å². The molecule has 4 nitrogen and oxygen atoms in total. The van der Waals surface area contributed by atoms with E-state index in [0.717, 1.165) is 29.9 Å². The summed E-state index contributed by atoms with van der Waals surface area (Å²) in [5, 5.41) is 0. The first-order valence-corrected chi connectivity index (χ1v) is 9.63. The second-order valence-electron chi connectivity index (χ2n) is 5.14. The molecular weight excluding hydrogens is 400 g/mol. The molecule has 0 aliphatic heterocycles. The fourth-order valence-electron chi connectivity index (χ4n) is 2.28. The third kappa shape index (κ3) is 4.44. The monoisotopic (exact) mass is 420 g/mol. The number of ether oxygens (including phenoxy) is 1. The maximum atomic E-state index is 12.8. The Balaban J connectivity index is 2.49. The number of nitrogens with zero attached hydrogens (tertiary/aromatic N) is 2. The van der Waals surface area contributed by atoms with Crippen LogP contribution in [-0.4, -0.2) is 45.2 Å². The zero-order valence-corrected chi connectivity index (χ0v) is 15.9. The number of carbonyl (C=O) groups is 1. The second kappa shape index (κ2) is 8.06. The number of benzene rings is 1. The summed E-state index contributed by atoms with van der Waals surface area (Å²) in [5.74, 6) is -0.540. The van der Waals surface area contributed by atoms with E-state index in [2.05, 4.69) is 4.98 Å². The van der Waals surface area contributed by atoms with Crippen LogP contribution in [0.1, 0.15) is 36.8 Å². The SMILES string of the molecule is CCOC(=O)c1nc(N(CC)CC)[se]c1-c1ccc(C(F)(F)F)cc1. The average molecular weight is 419 g/mol. The Kier molecular flexibility index (Phi) is 6.30. The van der Waals surface area contributed by atoms with Crippen LogP contribution >= 0.6 is 0 Å². The molecule has 0 fully saturated rings. The van der Waals surface area contributed by atoms with Gasteiger partial charge in [0, 0.05) is 0 Å². The molecule has 0 unspecified atom stereocenters. The molecule has 0 bridgehead atoms. The molecule has 2 rings (SSSR count). The quantitative estimate of drug-likeness (QED) is 0.527. The standard InChI is InChI=1S/C17H19F3N2O2Se/c1-4-22(5-2)16-21-13(15(23)24-6-3)14(25-16)11-7-9-12(10-8-11)17(18,19)20/h7-10H,4-6H2,1-3H3. The molecule has 136 valence electrons. The van der Waals surface area contributed by atoms with Crippen molar-refractivity contribution >= 4 is 25.2 Å². The van der Waals surface area contributed by atoms with E-state index >= 15 is 0 Å². The number of hydrogen-bond acceptors (Lipinski definition) is 4. The van der Waals surface area contributed by atoms with Gasteiger partial charge in [0.15, 0.2) is 0 Å². The average Bonchev–Trinajstić information content (AvgIpc) is 3.01. The molecule has 1 aromatic heterocycles. The van der Waals surface area contributed by atoms with Crippen LogP contribution in [0.2, 0.25) is 0 Å². The summed E-state index contributed by atoms with van der Waals surface area (Å²) in [4.78, 5) is 18.7. The van der Waals surface area contributed by atoms with E-state index < -0.39 is 17.7 Å². The third-order valence-corrected chi connectivity index (χ3v) is 6.04. The van der Waals surface area contributed by atoms with Crippen molar-refractivity contribution in [3.63, 3.8) is 0 Å². The predicted molar refractivity (Wildman–Crippen MR) is 91.1 cm³/mol. The molecule has 1 aromatic carbocycles. The van der Waals surface area contributed by atoms with Gasteiger partial charge in [0.1, 0.15) is 0 Å². The zero-order valence-electron chi connectivity index (χ0n) is 14.2. The van der Waals surface area contributed by atoms with Crippen molar-refractivity contribution in [1.82, 2.24) is 4.98 Å². The summed E-state index contributed by atoms with van der Waals surface area (Å²) in [6, 6.07) is 4.83. The van der Waals surface area contributed by atoms with Gasteiger partial charge < -0.3 is 0 Å². The number of alkyl halides is 3. The van der Waals surface area contributed by atoms with Gasteiger partial charge in [-0.05, 0) is 0 Å². The minimum atomic E-state index is -4.39. The third-order valence-electron chi connectivity index (χ3n) is 3.59. The van der Waals surface area contributed by atoms with E-state index in [-0.39, 0.29) is 26.8 Å². The van der Waals surface area contributed by atoms with Gasteiger partial charge in [-0.3, -0.25) is 0 Å². The Bertz CT molecular complexity index is 722. The number of esters is 1. The first kappa shape index (κ1) is 19.5. The van der Waals surface area contributed by atoms with Crippen LogP contribution in [0.25, 0.3) is 10.0 Å². The molecule has 0 N–H and O–H groups in total. The van der Waals surface area contributed by atoms with Gasteiger partial charge >= 0.3 is 150 Å². The van der Waals surface area contributed by atoms with Crippen LogP contribution in [0, 0.1) is 0 Å². The minimum absolute atomic E-state index is 0.198. The van der Waals surface area contributed by atoms with Crippen LogP contribution in [0.4, 0.5) is 17.9 Å². The maximum absolute atomic E-state index is 12.8. The van der Waals surface area contributed by atoms with E-state index in [1.807, 2.05) is 18.7 Å². The summed E-state index contributed by atoms with van der Waals surface area (Å²) in [7, 11) is 0. The molecule has 8 heteroatoms. The topological polar surface area (TPSA) is 42.4 Å². The van der Waals surface area contributed by atoms with Crippen molar-refractivity contribution in [2.24, 2.45) is 0 Å². The molecule has 0 atom stereocenters. The number of rotatable bonds is 6. The fourth-order valence-corrected chi connectivity index (χ4v) is 4.77. The van der Waals surface area contributed by atoms with Gasteiger partial charge in [-0.1, -0.05) is 0 Å². The Hall–Kier alpha value is -1.79. The van der Waals surface area contributed by atoms with Crippen LogP contribution in [-0.2, 0) is 10.9 Å². The van der Waals surface area contributed by atoms with Gasteiger partial charge in [0.25, 0.3) is 0 Å². The predicted octanol–water partition coefficient (Wildman–Crippen LogP) is 3.85. The molecule has 1 heterocycles. The van der Waals surface area contributed by atoms with E-state index in [4.69, 9.17) is 4.74 Å². The van der Waals surface area contributed by atoms with Gasteiger partial charge in [-0.2, -0.15) is 0 Å².